The zero-order valence-corrected chi connectivity index (χ0v) is 8.56. The first kappa shape index (κ1) is 10.7. The first-order valence-electron chi connectivity index (χ1n) is 3.96. The van der Waals surface area contributed by atoms with Gasteiger partial charge < -0.3 is 10.0 Å². The van der Waals surface area contributed by atoms with Crippen molar-refractivity contribution in [1.82, 2.24) is 9.97 Å². The highest BCUT2D eigenvalue weighted by molar-refractivity contribution is 6.31. The second-order valence-corrected chi connectivity index (χ2v) is 3.15. The number of carbonyl (C=O) groups is 1. The average molecular weight is 216 g/mol. The van der Waals surface area contributed by atoms with E-state index in [1.54, 1.807) is 14.0 Å². The van der Waals surface area contributed by atoms with E-state index >= 15 is 0 Å². The Morgan fingerprint density at radius 3 is 2.64 bits per heavy atom. The fraction of sp³-hybridized carbons (Fsp3) is 0.375. The number of rotatable bonds is 3. The standard InChI is InChI=1S/C8H10ClN3O2/c1-5(8(13)14)12(2)7-6(9)10-3-4-11-7/h3-5H,1-2H3,(H,13,14)/t5-/m1/s1. The Morgan fingerprint density at radius 1 is 1.57 bits per heavy atom. The van der Waals surface area contributed by atoms with E-state index in [2.05, 4.69) is 9.97 Å². The molecule has 0 fully saturated rings. The van der Waals surface area contributed by atoms with E-state index in [-0.39, 0.29) is 5.15 Å². The van der Waals surface area contributed by atoms with Gasteiger partial charge in [-0.05, 0) is 6.92 Å². The summed E-state index contributed by atoms with van der Waals surface area (Å²) in [6, 6.07) is -0.691. The Bertz CT molecular complexity index is 345. The molecule has 76 valence electrons. The number of hydrogen-bond donors (Lipinski definition) is 1. The molecule has 0 saturated carbocycles. The van der Waals surface area contributed by atoms with Crippen molar-refractivity contribution in [1.29, 1.82) is 0 Å². The van der Waals surface area contributed by atoms with Crippen molar-refractivity contribution >= 4 is 23.4 Å². The maximum absolute atomic E-state index is 10.7. The fourth-order valence-corrected chi connectivity index (χ4v) is 1.14. The summed E-state index contributed by atoms with van der Waals surface area (Å²) in [6.45, 7) is 1.55. The number of carboxylic acids is 1. The number of anilines is 1. The summed E-state index contributed by atoms with van der Waals surface area (Å²) < 4.78 is 0. The van der Waals surface area contributed by atoms with E-state index in [9.17, 15) is 4.79 Å². The smallest absolute Gasteiger partial charge is 0.326 e. The highest BCUT2D eigenvalue weighted by Gasteiger charge is 2.20. The summed E-state index contributed by atoms with van der Waals surface area (Å²) >= 11 is 5.76. The Morgan fingerprint density at radius 2 is 2.14 bits per heavy atom. The molecule has 0 radical (unpaired) electrons. The lowest BCUT2D eigenvalue weighted by molar-refractivity contribution is -0.138. The van der Waals surface area contributed by atoms with Crippen LogP contribution in [0.3, 0.4) is 0 Å². The molecule has 0 spiro atoms. The van der Waals surface area contributed by atoms with Gasteiger partial charge in [0.25, 0.3) is 0 Å². The second kappa shape index (κ2) is 4.23. The predicted octanol–water partition coefficient (Wildman–Crippen LogP) is 1.04. The van der Waals surface area contributed by atoms with Crippen molar-refractivity contribution in [3.05, 3.63) is 17.5 Å². The van der Waals surface area contributed by atoms with E-state index < -0.39 is 12.0 Å². The summed E-state index contributed by atoms with van der Waals surface area (Å²) in [7, 11) is 1.61. The Labute approximate surface area is 86.3 Å². The van der Waals surface area contributed by atoms with E-state index in [0.29, 0.717) is 5.82 Å². The molecule has 1 aromatic rings. The van der Waals surface area contributed by atoms with Crippen LogP contribution in [0.4, 0.5) is 5.82 Å². The quantitative estimate of drug-likeness (QED) is 0.816. The van der Waals surface area contributed by atoms with Gasteiger partial charge in [0.05, 0.1) is 0 Å². The van der Waals surface area contributed by atoms with E-state index in [0.717, 1.165) is 0 Å². The number of aliphatic carboxylic acids is 1. The molecule has 1 aromatic heterocycles. The minimum absolute atomic E-state index is 0.197. The minimum Gasteiger partial charge on any atom is -0.480 e. The van der Waals surface area contributed by atoms with Crippen molar-refractivity contribution in [3.8, 4) is 0 Å². The SMILES string of the molecule is C[C@H](C(=O)O)N(C)c1nccnc1Cl. The Kier molecular flexibility index (Phi) is 3.24. The summed E-state index contributed by atoms with van der Waals surface area (Å²) in [5.41, 5.74) is 0. The monoisotopic (exact) mass is 215 g/mol. The minimum atomic E-state index is -0.936. The number of nitrogens with zero attached hydrogens (tertiary/aromatic N) is 3. The molecule has 0 aromatic carbocycles. The van der Waals surface area contributed by atoms with Crippen LogP contribution in [0.5, 0.6) is 0 Å². The summed E-state index contributed by atoms with van der Waals surface area (Å²) in [5, 5.41) is 8.97. The zero-order chi connectivity index (χ0) is 10.7. The number of halogens is 1. The summed E-state index contributed by atoms with van der Waals surface area (Å²) in [4.78, 5) is 19.9. The first-order valence-corrected chi connectivity index (χ1v) is 4.34. The molecule has 6 heteroatoms. The van der Waals surface area contributed by atoms with Crippen LogP contribution < -0.4 is 4.90 Å². The fourth-order valence-electron chi connectivity index (χ4n) is 0.899. The molecule has 0 aliphatic carbocycles. The number of hydrogen-bond acceptors (Lipinski definition) is 4. The summed E-state index contributed by atoms with van der Waals surface area (Å²) in [5.74, 6) is -0.571. The second-order valence-electron chi connectivity index (χ2n) is 2.80. The van der Waals surface area contributed by atoms with Gasteiger partial charge in [0.15, 0.2) is 11.0 Å². The molecule has 1 heterocycles. The third kappa shape index (κ3) is 2.11. The molecule has 5 nitrogen and oxygen atoms in total. The van der Waals surface area contributed by atoms with Gasteiger partial charge in [-0.3, -0.25) is 0 Å². The van der Waals surface area contributed by atoms with Crippen LogP contribution in [0.25, 0.3) is 0 Å². The van der Waals surface area contributed by atoms with Crippen LogP contribution in [0.2, 0.25) is 5.15 Å². The van der Waals surface area contributed by atoms with Crippen molar-refractivity contribution in [2.75, 3.05) is 11.9 Å². The molecule has 0 aliphatic heterocycles. The van der Waals surface area contributed by atoms with Crippen LogP contribution in [-0.2, 0) is 4.79 Å². The van der Waals surface area contributed by atoms with Crippen LogP contribution in [0, 0.1) is 0 Å². The molecule has 1 rings (SSSR count). The first-order chi connectivity index (χ1) is 6.54. The van der Waals surface area contributed by atoms with E-state index in [1.807, 2.05) is 0 Å². The Balaban J connectivity index is 2.94. The molecule has 0 saturated heterocycles. The maximum Gasteiger partial charge on any atom is 0.326 e. The van der Waals surface area contributed by atoms with Crippen molar-refractivity contribution in [2.45, 2.75) is 13.0 Å². The molecule has 0 unspecified atom stereocenters. The average Bonchev–Trinajstić information content (AvgIpc) is 2.16. The number of aromatic nitrogens is 2. The molecule has 0 bridgehead atoms. The number of carboxylic acid groups (broad SMARTS) is 1. The van der Waals surface area contributed by atoms with Crippen LogP contribution in [0.1, 0.15) is 6.92 Å². The van der Waals surface area contributed by atoms with E-state index in [1.165, 1.54) is 17.3 Å². The van der Waals surface area contributed by atoms with Crippen molar-refractivity contribution in [3.63, 3.8) is 0 Å². The zero-order valence-electron chi connectivity index (χ0n) is 7.81. The molecular formula is C8H10ClN3O2. The molecule has 1 atom stereocenters. The van der Waals surface area contributed by atoms with Crippen LogP contribution >= 0.6 is 11.6 Å². The predicted molar refractivity (Wildman–Crippen MR) is 52.5 cm³/mol. The van der Waals surface area contributed by atoms with E-state index in [4.69, 9.17) is 16.7 Å². The van der Waals surface area contributed by atoms with Gasteiger partial charge >= 0.3 is 5.97 Å². The third-order valence-corrected chi connectivity index (χ3v) is 2.17. The van der Waals surface area contributed by atoms with Gasteiger partial charge in [-0.1, -0.05) is 11.6 Å². The van der Waals surface area contributed by atoms with Gasteiger partial charge in [0, 0.05) is 19.4 Å². The molecule has 1 N–H and O–H groups in total. The Hall–Kier alpha value is -1.36. The van der Waals surface area contributed by atoms with Gasteiger partial charge in [-0.2, -0.15) is 0 Å². The van der Waals surface area contributed by atoms with Gasteiger partial charge in [-0.25, -0.2) is 14.8 Å². The number of likely N-dealkylation sites (N-methyl/N-ethyl adjacent to an activating group) is 1. The molecule has 0 amide bonds. The van der Waals surface area contributed by atoms with Gasteiger partial charge in [-0.15, -0.1) is 0 Å². The largest absolute Gasteiger partial charge is 0.480 e. The van der Waals surface area contributed by atoms with Gasteiger partial charge in [0.1, 0.15) is 6.04 Å². The lowest BCUT2D eigenvalue weighted by atomic mass is 10.3. The van der Waals surface area contributed by atoms with Crippen LogP contribution in [0.15, 0.2) is 12.4 Å². The normalized spacial score (nSPS) is 12.2. The van der Waals surface area contributed by atoms with Gasteiger partial charge in [0.2, 0.25) is 0 Å². The van der Waals surface area contributed by atoms with Crippen LogP contribution in [-0.4, -0.2) is 34.1 Å². The van der Waals surface area contributed by atoms with Crippen molar-refractivity contribution < 1.29 is 9.90 Å². The maximum atomic E-state index is 10.7. The third-order valence-electron chi connectivity index (χ3n) is 1.91. The van der Waals surface area contributed by atoms with Crippen molar-refractivity contribution in [2.24, 2.45) is 0 Å². The lowest BCUT2D eigenvalue weighted by Gasteiger charge is -2.22. The summed E-state index contributed by atoms with van der Waals surface area (Å²) in [6.07, 6.45) is 2.91. The molecule has 0 aliphatic rings. The highest BCUT2D eigenvalue weighted by Crippen LogP contribution is 2.19. The molecular weight excluding hydrogens is 206 g/mol. The molecule has 14 heavy (non-hydrogen) atoms. The topological polar surface area (TPSA) is 66.3 Å². The lowest BCUT2D eigenvalue weighted by Crippen LogP contribution is -2.36. The highest BCUT2D eigenvalue weighted by atomic mass is 35.5.